The molecule has 1 aromatic carbocycles. The van der Waals surface area contributed by atoms with Crippen molar-refractivity contribution in [3.63, 3.8) is 0 Å². The van der Waals surface area contributed by atoms with E-state index in [0.29, 0.717) is 17.8 Å². The predicted octanol–water partition coefficient (Wildman–Crippen LogP) is 7.84. The van der Waals surface area contributed by atoms with Crippen molar-refractivity contribution in [3.8, 4) is 0 Å². The summed E-state index contributed by atoms with van der Waals surface area (Å²) >= 11 is 0. The molecule has 0 amide bonds. The summed E-state index contributed by atoms with van der Waals surface area (Å²) in [7, 11) is 0. The fourth-order valence-electron chi connectivity index (χ4n) is 12.4. The normalized spacial score (nSPS) is 45.4. The maximum absolute atomic E-state index is 13.9. The molecule has 6 nitrogen and oxygen atoms in total. The van der Waals surface area contributed by atoms with Crippen LogP contribution in [0.5, 0.6) is 0 Å². The summed E-state index contributed by atoms with van der Waals surface area (Å²) in [6.07, 6.45) is 11.2. The number of guanidine groups is 1. The summed E-state index contributed by atoms with van der Waals surface area (Å²) in [4.78, 5) is 0. The van der Waals surface area contributed by atoms with E-state index >= 15 is 0 Å². The maximum Gasteiger partial charge on any atom is 0.211 e. The molecular formula is C38H57FN4O2. The highest BCUT2D eigenvalue weighted by molar-refractivity contribution is 6.08. The third-order valence-corrected chi connectivity index (χ3v) is 14.2. The molecular weight excluding hydrogens is 563 g/mol. The van der Waals surface area contributed by atoms with E-state index in [2.05, 4.69) is 71.7 Å². The number of nitrogens with zero attached hydrogens (tertiary/aromatic N) is 2. The van der Waals surface area contributed by atoms with Crippen LogP contribution >= 0.6 is 0 Å². The molecule has 6 rings (SSSR count). The first-order chi connectivity index (χ1) is 20.9. The van der Waals surface area contributed by atoms with Gasteiger partial charge in [-0.2, -0.15) is 5.10 Å². The predicted molar refractivity (Wildman–Crippen MR) is 181 cm³/mol. The van der Waals surface area contributed by atoms with E-state index in [1.165, 1.54) is 18.6 Å². The van der Waals surface area contributed by atoms with Gasteiger partial charge in [0.05, 0.1) is 23.0 Å². The van der Waals surface area contributed by atoms with Crippen LogP contribution in [-0.2, 0) is 4.74 Å². The topological polar surface area (TPSA) is 106 Å². The zero-order valence-corrected chi connectivity index (χ0v) is 28.9. The molecule has 1 aromatic rings. The largest absolute Gasteiger partial charge is 0.393 e. The lowest BCUT2D eigenvalue weighted by atomic mass is 9.34. The molecule has 4 saturated carbocycles. The highest BCUT2D eigenvalue weighted by Crippen LogP contribution is 2.76. The van der Waals surface area contributed by atoms with Crippen molar-refractivity contribution in [1.82, 2.24) is 0 Å². The van der Waals surface area contributed by atoms with E-state index in [0.717, 1.165) is 68.2 Å². The summed E-state index contributed by atoms with van der Waals surface area (Å²) in [5, 5.41) is 21.2. The van der Waals surface area contributed by atoms with E-state index in [9.17, 15) is 9.50 Å². The van der Waals surface area contributed by atoms with Gasteiger partial charge in [-0.1, -0.05) is 46.8 Å². The van der Waals surface area contributed by atoms with Crippen molar-refractivity contribution in [3.05, 3.63) is 41.2 Å². The number of hydrogen-bond donors (Lipinski definition) is 3. The molecule has 4 aliphatic carbocycles. The van der Waals surface area contributed by atoms with Crippen LogP contribution in [0.4, 0.5) is 4.39 Å². The Labute approximate surface area is 270 Å². The Hall–Kier alpha value is -2.25. The van der Waals surface area contributed by atoms with Crippen molar-refractivity contribution in [2.75, 3.05) is 0 Å². The second kappa shape index (κ2) is 10.6. The lowest BCUT2D eigenvalue weighted by Gasteiger charge is -2.70. The number of hydrogen-bond acceptors (Lipinski definition) is 4. The molecule has 5 fully saturated rings. The molecule has 0 radical (unpaired) electrons. The zero-order chi connectivity index (χ0) is 32.8. The Balaban J connectivity index is 1.42. The number of allylic oxidation sites excluding steroid dienone is 1. The fourth-order valence-corrected chi connectivity index (χ4v) is 12.4. The summed E-state index contributed by atoms with van der Waals surface area (Å²) in [6.45, 7) is 19.0. The molecule has 0 aromatic heterocycles. The summed E-state index contributed by atoms with van der Waals surface area (Å²) in [5.74, 6) is 0.934. The van der Waals surface area contributed by atoms with Gasteiger partial charge >= 0.3 is 0 Å². The average molecular weight is 621 g/mol. The first-order valence-electron chi connectivity index (χ1n) is 17.4. The molecule has 1 saturated heterocycles. The number of aliphatic hydroxyl groups is 1. The fraction of sp³-hybridized carbons (Fsp3) is 0.737. The lowest BCUT2D eigenvalue weighted by molar-refractivity contribution is -0.243. The summed E-state index contributed by atoms with van der Waals surface area (Å²) in [5.41, 5.74) is 13.8. The molecule has 0 unspecified atom stereocenters. The van der Waals surface area contributed by atoms with Gasteiger partial charge in [-0.25, -0.2) is 4.39 Å². The standard InChI is InChI=1S/C38H57FN4O2/c1-33(2)16-9-17-38(8,45-33)26-14-18-37(7)30(26)27(44)21-29-35(5)22-24(20-23-10-12-25(39)13-11-23)31(42-43-32(40)41)34(3,4)28(35)15-19-36(29,37)6/h10-13,20,26-30,44H,9,14-19,21-22H2,1-8H3,(H4,40,41,43)/b24-20+,42-31+/t26-,27+,28-,29+,30-,35-,36+,37+,38+/m0/s1. The van der Waals surface area contributed by atoms with Gasteiger partial charge in [-0.05, 0) is 148 Å². The minimum absolute atomic E-state index is 0.0135. The minimum Gasteiger partial charge on any atom is -0.393 e. The van der Waals surface area contributed by atoms with Crippen LogP contribution in [0.3, 0.4) is 0 Å². The Morgan fingerprint density at radius 2 is 1.58 bits per heavy atom. The van der Waals surface area contributed by atoms with Gasteiger partial charge < -0.3 is 21.3 Å². The molecule has 45 heavy (non-hydrogen) atoms. The highest BCUT2D eigenvalue weighted by atomic mass is 19.1. The average Bonchev–Trinajstić information content (AvgIpc) is 3.31. The zero-order valence-electron chi connectivity index (χ0n) is 28.9. The Bertz CT molecular complexity index is 1410. The number of fused-ring (bicyclic) bond motifs is 5. The maximum atomic E-state index is 13.9. The van der Waals surface area contributed by atoms with Gasteiger partial charge in [0.1, 0.15) is 5.82 Å². The molecule has 0 bridgehead atoms. The van der Waals surface area contributed by atoms with Crippen LogP contribution in [0.15, 0.2) is 40.0 Å². The van der Waals surface area contributed by atoms with Crippen molar-refractivity contribution >= 4 is 17.7 Å². The molecule has 5 N–H and O–H groups in total. The van der Waals surface area contributed by atoms with Crippen LogP contribution in [0.25, 0.3) is 6.08 Å². The van der Waals surface area contributed by atoms with E-state index in [4.69, 9.17) is 16.2 Å². The molecule has 1 heterocycles. The third kappa shape index (κ3) is 5.01. The molecule has 5 aliphatic rings. The lowest BCUT2D eigenvalue weighted by Crippen LogP contribution is -2.66. The van der Waals surface area contributed by atoms with Gasteiger partial charge in [0.2, 0.25) is 5.96 Å². The van der Waals surface area contributed by atoms with E-state index in [1.54, 1.807) is 0 Å². The van der Waals surface area contributed by atoms with Gasteiger partial charge in [0, 0.05) is 5.41 Å². The second-order valence-corrected chi connectivity index (χ2v) is 17.6. The number of ether oxygens (including phenoxy) is 1. The number of nitrogens with two attached hydrogens (primary N) is 2. The quantitative estimate of drug-likeness (QED) is 0.182. The van der Waals surface area contributed by atoms with E-state index < -0.39 is 0 Å². The Morgan fingerprint density at radius 3 is 2.22 bits per heavy atom. The van der Waals surface area contributed by atoms with Crippen molar-refractivity contribution in [1.29, 1.82) is 0 Å². The minimum atomic E-state index is -0.369. The van der Waals surface area contributed by atoms with Crippen LogP contribution < -0.4 is 11.5 Å². The van der Waals surface area contributed by atoms with Gasteiger partial charge in [-0.15, -0.1) is 5.10 Å². The van der Waals surface area contributed by atoms with E-state index in [1.807, 2.05) is 12.1 Å². The van der Waals surface area contributed by atoms with Gasteiger partial charge in [0.25, 0.3) is 0 Å². The molecule has 7 heteroatoms. The van der Waals surface area contributed by atoms with Crippen LogP contribution in [0, 0.1) is 51.1 Å². The number of aliphatic hydroxyl groups excluding tert-OH is 1. The molecule has 248 valence electrons. The first-order valence-corrected chi connectivity index (χ1v) is 17.4. The smallest absolute Gasteiger partial charge is 0.211 e. The first kappa shape index (κ1) is 32.7. The SMILES string of the molecule is CC1(C)CCC[C@](C)([C@H]2CC[C@]3(C)[C@@H]2[C@H](O)C[C@@H]2[C@@]4(C)CC(=C\c5ccc(F)cc5)/C(=N\N=C(N)N)C(C)(C)[C@@H]4CC[C@]23C)O1. The van der Waals surface area contributed by atoms with Crippen molar-refractivity contribution in [2.24, 2.45) is 67.0 Å². The number of halogens is 1. The van der Waals surface area contributed by atoms with Gasteiger partial charge in [0.15, 0.2) is 0 Å². The monoisotopic (exact) mass is 620 g/mol. The summed E-state index contributed by atoms with van der Waals surface area (Å²) < 4.78 is 20.8. The molecule has 9 atom stereocenters. The molecule has 1 aliphatic heterocycles. The highest BCUT2D eigenvalue weighted by Gasteiger charge is 2.72. The summed E-state index contributed by atoms with van der Waals surface area (Å²) in [6, 6.07) is 6.64. The van der Waals surface area contributed by atoms with Crippen molar-refractivity contribution < 1.29 is 14.2 Å². The number of rotatable bonds is 3. The Kier molecular flexibility index (Phi) is 7.72. The Morgan fingerprint density at radius 1 is 0.911 bits per heavy atom. The number of benzene rings is 1. The van der Waals surface area contributed by atoms with Gasteiger partial charge in [-0.3, -0.25) is 0 Å². The van der Waals surface area contributed by atoms with Crippen LogP contribution in [0.1, 0.15) is 119 Å². The van der Waals surface area contributed by atoms with Crippen LogP contribution in [0.2, 0.25) is 0 Å². The van der Waals surface area contributed by atoms with Crippen molar-refractivity contribution in [2.45, 2.75) is 130 Å². The van der Waals surface area contributed by atoms with E-state index in [-0.39, 0.29) is 56.7 Å². The molecule has 0 spiro atoms. The van der Waals surface area contributed by atoms with Crippen LogP contribution in [-0.4, -0.2) is 34.1 Å². The third-order valence-electron chi connectivity index (χ3n) is 14.2. The second-order valence-electron chi connectivity index (χ2n) is 17.6.